The summed E-state index contributed by atoms with van der Waals surface area (Å²) in [5, 5.41) is 11.4. The van der Waals surface area contributed by atoms with Gasteiger partial charge in [-0.05, 0) is 37.1 Å². The van der Waals surface area contributed by atoms with E-state index in [1.807, 2.05) is 0 Å². The molecule has 144 valence electrons. The molecule has 2 amide bonds. The Morgan fingerprint density at radius 1 is 1.15 bits per heavy atom. The highest BCUT2D eigenvalue weighted by molar-refractivity contribution is 7.99. The van der Waals surface area contributed by atoms with Crippen molar-refractivity contribution in [1.82, 2.24) is 15.1 Å². The highest BCUT2D eigenvalue weighted by Crippen LogP contribution is 2.32. The van der Waals surface area contributed by atoms with Crippen molar-refractivity contribution in [3.05, 3.63) is 35.7 Å². The Morgan fingerprint density at radius 3 is 2.52 bits per heavy atom. The number of carbonyl (C=O) groups is 2. The molecule has 1 aromatic heterocycles. The van der Waals surface area contributed by atoms with Crippen molar-refractivity contribution in [1.29, 1.82) is 0 Å². The number of nitrogens with zero attached hydrogens (tertiary/aromatic N) is 3. The van der Waals surface area contributed by atoms with Crippen LogP contribution in [0.3, 0.4) is 0 Å². The van der Waals surface area contributed by atoms with Crippen LogP contribution in [-0.4, -0.2) is 46.8 Å². The lowest BCUT2D eigenvalue weighted by Crippen LogP contribution is -2.21. The van der Waals surface area contributed by atoms with Gasteiger partial charge in [0.25, 0.3) is 11.1 Å². The average Bonchev–Trinajstić information content (AvgIpc) is 3.16. The molecule has 0 aliphatic heterocycles. The van der Waals surface area contributed by atoms with Crippen LogP contribution >= 0.6 is 11.8 Å². The van der Waals surface area contributed by atoms with Crippen LogP contribution in [-0.2, 0) is 4.79 Å². The van der Waals surface area contributed by atoms with Crippen LogP contribution in [0.4, 0.5) is 5.69 Å². The maximum Gasteiger partial charge on any atom is 0.277 e. The molecule has 0 bridgehead atoms. The first-order chi connectivity index (χ1) is 13.0. The van der Waals surface area contributed by atoms with Crippen molar-refractivity contribution >= 4 is 29.3 Å². The van der Waals surface area contributed by atoms with Gasteiger partial charge in [-0.3, -0.25) is 9.59 Å². The molecule has 1 heterocycles. The van der Waals surface area contributed by atoms with Gasteiger partial charge in [0.05, 0.1) is 5.75 Å². The molecule has 1 aliphatic rings. The molecule has 0 spiro atoms. The minimum absolute atomic E-state index is 0.0754. The molecule has 8 heteroatoms. The van der Waals surface area contributed by atoms with Crippen molar-refractivity contribution in [2.75, 3.05) is 25.2 Å². The molecule has 1 N–H and O–H groups in total. The van der Waals surface area contributed by atoms with Gasteiger partial charge in [-0.15, -0.1) is 10.2 Å². The standard InChI is InChI=1S/C19H24N4O3S/c1-23(2)18(25)14-8-10-15(11-9-14)20-16(24)12-27-19-22-21-17(26-19)13-6-4-3-5-7-13/h8-11,13H,3-7,12H2,1-2H3,(H,20,24). The average molecular weight is 388 g/mol. The third kappa shape index (κ3) is 5.32. The van der Waals surface area contributed by atoms with Crippen molar-refractivity contribution in [3.8, 4) is 0 Å². The van der Waals surface area contributed by atoms with E-state index in [1.165, 1.54) is 35.9 Å². The topological polar surface area (TPSA) is 88.3 Å². The summed E-state index contributed by atoms with van der Waals surface area (Å²) in [7, 11) is 3.40. The fraction of sp³-hybridized carbons (Fsp3) is 0.474. The fourth-order valence-electron chi connectivity index (χ4n) is 3.07. The highest BCUT2D eigenvalue weighted by Gasteiger charge is 2.21. The summed E-state index contributed by atoms with van der Waals surface area (Å²) in [5.74, 6) is 0.999. The molecule has 3 rings (SSSR count). The van der Waals surface area contributed by atoms with Gasteiger partial charge in [-0.2, -0.15) is 0 Å². The molecular weight excluding hydrogens is 364 g/mol. The van der Waals surface area contributed by atoms with Gasteiger partial charge in [0.15, 0.2) is 0 Å². The third-order valence-corrected chi connectivity index (χ3v) is 5.34. The Bertz CT molecular complexity index is 783. The van der Waals surface area contributed by atoms with Crippen molar-refractivity contribution in [2.45, 2.75) is 43.2 Å². The molecule has 0 saturated heterocycles. The number of thioether (sulfide) groups is 1. The Labute approximate surface area is 162 Å². The summed E-state index contributed by atoms with van der Waals surface area (Å²) in [6.07, 6.45) is 5.88. The third-order valence-electron chi connectivity index (χ3n) is 4.53. The number of hydrogen-bond donors (Lipinski definition) is 1. The first-order valence-electron chi connectivity index (χ1n) is 9.10. The van der Waals surface area contributed by atoms with Crippen LogP contribution < -0.4 is 5.32 Å². The normalized spacial score (nSPS) is 14.7. The molecule has 1 aliphatic carbocycles. The Morgan fingerprint density at radius 2 is 1.85 bits per heavy atom. The van der Waals surface area contributed by atoms with Crippen LogP contribution in [0.25, 0.3) is 0 Å². The predicted octanol–water partition coefficient (Wildman–Crippen LogP) is 3.55. The number of aromatic nitrogens is 2. The zero-order valence-electron chi connectivity index (χ0n) is 15.6. The number of amides is 2. The van der Waals surface area contributed by atoms with Crippen LogP contribution in [0, 0.1) is 0 Å². The van der Waals surface area contributed by atoms with Crippen LogP contribution in [0.2, 0.25) is 0 Å². The summed E-state index contributed by atoms with van der Waals surface area (Å²) < 4.78 is 5.71. The van der Waals surface area contributed by atoms with Gasteiger partial charge in [0, 0.05) is 31.3 Å². The zero-order valence-corrected chi connectivity index (χ0v) is 16.4. The molecule has 0 atom stereocenters. The minimum atomic E-state index is -0.163. The lowest BCUT2D eigenvalue weighted by atomic mass is 9.89. The largest absolute Gasteiger partial charge is 0.416 e. The molecule has 7 nitrogen and oxygen atoms in total. The number of rotatable bonds is 6. The molecule has 1 aromatic carbocycles. The van der Waals surface area contributed by atoms with E-state index in [0.717, 1.165) is 12.8 Å². The van der Waals surface area contributed by atoms with E-state index in [9.17, 15) is 9.59 Å². The summed E-state index contributed by atoms with van der Waals surface area (Å²) >= 11 is 1.23. The quantitative estimate of drug-likeness (QED) is 0.762. The maximum atomic E-state index is 12.1. The van der Waals surface area contributed by atoms with Gasteiger partial charge in [-0.25, -0.2) is 0 Å². The van der Waals surface area contributed by atoms with Crippen molar-refractivity contribution in [3.63, 3.8) is 0 Å². The molecule has 2 aromatic rings. The first kappa shape index (κ1) is 19.4. The van der Waals surface area contributed by atoms with Crippen molar-refractivity contribution in [2.24, 2.45) is 0 Å². The lowest BCUT2D eigenvalue weighted by molar-refractivity contribution is -0.113. The monoisotopic (exact) mass is 388 g/mol. The molecule has 1 fully saturated rings. The Hall–Kier alpha value is -2.35. The lowest BCUT2D eigenvalue weighted by Gasteiger charge is -2.17. The SMILES string of the molecule is CN(C)C(=O)c1ccc(NC(=O)CSc2nnc(C3CCCCC3)o2)cc1. The first-order valence-corrected chi connectivity index (χ1v) is 10.1. The van der Waals surface area contributed by atoms with Gasteiger partial charge in [-0.1, -0.05) is 31.0 Å². The van der Waals surface area contributed by atoms with Crippen molar-refractivity contribution < 1.29 is 14.0 Å². The Balaban J connectivity index is 1.48. The number of anilines is 1. The van der Waals surface area contributed by atoms with Gasteiger partial charge >= 0.3 is 0 Å². The van der Waals surface area contributed by atoms with E-state index < -0.39 is 0 Å². The van der Waals surface area contributed by atoms with E-state index in [2.05, 4.69) is 15.5 Å². The second-order valence-electron chi connectivity index (χ2n) is 6.85. The highest BCUT2D eigenvalue weighted by atomic mass is 32.2. The number of hydrogen-bond acceptors (Lipinski definition) is 6. The van der Waals surface area contributed by atoms with E-state index in [0.29, 0.717) is 28.3 Å². The summed E-state index contributed by atoms with van der Waals surface area (Å²) in [6.45, 7) is 0. The summed E-state index contributed by atoms with van der Waals surface area (Å²) in [5.41, 5.74) is 1.22. The van der Waals surface area contributed by atoms with E-state index in [-0.39, 0.29) is 17.6 Å². The van der Waals surface area contributed by atoms with Crippen LogP contribution in [0.5, 0.6) is 0 Å². The van der Waals surface area contributed by atoms with Gasteiger partial charge in [0.1, 0.15) is 0 Å². The van der Waals surface area contributed by atoms with Gasteiger partial charge in [0.2, 0.25) is 11.8 Å². The summed E-state index contributed by atoms with van der Waals surface area (Å²) in [6, 6.07) is 6.82. The second kappa shape index (κ2) is 9.03. The zero-order chi connectivity index (χ0) is 19.2. The molecule has 0 unspecified atom stereocenters. The van der Waals surface area contributed by atoms with Crippen LogP contribution in [0.15, 0.2) is 33.9 Å². The fourth-order valence-corrected chi connectivity index (χ4v) is 3.64. The van der Waals surface area contributed by atoms with Gasteiger partial charge < -0.3 is 14.6 Å². The van der Waals surface area contributed by atoms with E-state index >= 15 is 0 Å². The number of benzene rings is 1. The van der Waals surface area contributed by atoms with E-state index in [1.54, 1.807) is 38.4 Å². The molecule has 0 radical (unpaired) electrons. The Kier molecular flexibility index (Phi) is 6.49. The number of nitrogens with one attached hydrogen (secondary N) is 1. The minimum Gasteiger partial charge on any atom is -0.416 e. The van der Waals surface area contributed by atoms with E-state index in [4.69, 9.17) is 4.42 Å². The molecular formula is C19H24N4O3S. The molecule has 1 saturated carbocycles. The second-order valence-corrected chi connectivity index (χ2v) is 7.78. The predicted molar refractivity (Wildman–Crippen MR) is 104 cm³/mol. The van der Waals surface area contributed by atoms with Crippen LogP contribution in [0.1, 0.15) is 54.3 Å². The number of carbonyl (C=O) groups excluding carboxylic acids is 2. The smallest absolute Gasteiger partial charge is 0.277 e. The summed E-state index contributed by atoms with van der Waals surface area (Å²) in [4.78, 5) is 25.5. The maximum absolute atomic E-state index is 12.1. The molecule has 27 heavy (non-hydrogen) atoms.